The summed E-state index contributed by atoms with van der Waals surface area (Å²) in [5.41, 5.74) is 0. The van der Waals surface area contributed by atoms with Gasteiger partial charge in [-0.25, -0.2) is 0 Å². The highest BCUT2D eigenvalue weighted by molar-refractivity contribution is 5.00. The maximum absolute atomic E-state index is 3.88. The van der Waals surface area contributed by atoms with Crippen LogP contribution in [-0.2, 0) is 0 Å². The van der Waals surface area contributed by atoms with Crippen LogP contribution in [0.25, 0.3) is 0 Å². The first kappa shape index (κ1) is 22.7. The van der Waals surface area contributed by atoms with E-state index in [2.05, 4.69) is 74.6 Å². The van der Waals surface area contributed by atoms with E-state index in [4.69, 9.17) is 0 Å². The molecule has 24 heavy (non-hydrogen) atoms. The van der Waals surface area contributed by atoms with Gasteiger partial charge in [-0.2, -0.15) is 0 Å². The normalized spacial score (nSPS) is 12.9. The molecule has 0 rings (SSSR count). The van der Waals surface area contributed by atoms with Gasteiger partial charge in [-0.15, -0.1) is 0 Å². The zero-order valence-electron chi connectivity index (χ0n) is 16.0. The van der Waals surface area contributed by atoms with Gasteiger partial charge in [0.15, 0.2) is 0 Å². The van der Waals surface area contributed by atoms with Crippen LogP contribution in [-0.4, -0.2) is 0 Å². The van der Waals surface area contributed by atoms with E-state index < -0.39 is 0 Å². The quantitative estimate of drug-likeness (QED) is 0.197. The zero-order valence-corrected chi connectivity index (χ0v) is 16.0. The molecule has 0 aliphatic rings. The predicted molar refractivity (Wildman–Crippen MR) is 112 cm³/mol. The van der Waals surface area contributed by atoms with Crippen molar-refractivity contribution in [1.82, 2.24) is 0 Å². The highest BCUT2D eigenvalue weighted by Gasteiger charge is 1.87. The highest BCUT2D eigenvalue weighted by Crippen LogP contribution is 2.07. The van der Waals surface area contributed by atoms with Crippen LogP contribution < -0.4 is 0 Å². The molecule has 0 heteroatoms. The van der Waals surface area contributed by atoms with E-state index in [1.165, 1.54) is 38.5 Å². The van der Waals surface area contributed by atoms with Crippen molar-refractivity contribution in [2.24, 2.45) is 0 Å². The molecule has 0 aromatic carbocycles. The molecule has 0 heterocycles. The molecule has 0 aliphatic heterocycles. The number of hydrogen-bond donors (Lipinski definition) is 0. The Morgan fingerprint density at radius 1 is 0.500 bits per heavy atom. The van der Waals surface area contributed by atoms with E-state index >= 15 is 0 Å². The van der Waals surface area contributed by atoms with Crippen LogP contribution in [0.3, 0.4) is 0 Å². The van der Waals surface area contributed by atoms with Gasteiger partial charge in [0, 0.05) is 0 Å². The SMILES string of the molecule is [CH2]CCCCCCC/C=C\CC=CCC=CCC=CCC=CCC. The van der Waals surface area contributed by atoms with E-state index in [0.29, 0.717) is 0 Å². The molecule has 0 aromatic heterocycles. The minimum absolute atomic E-state index is 1.04. The first-order chi connectivity index (χ1) is 11.9. The van der Waals surface area contributed by atoms with E-state index in [1.807, 2.05) is 0 Å². The summed E-state index contributed by atoms with van der Waals surface area (Å²) < 4.78 is 0. The summed E-state index contributed by atoms with van der Waals surface area (Å²) in [5, 5.41) is 0. The van der Waals surface area contributed by atoms with Crippen LogP contribution in [0.15, 0.2) is 60.8 Å². The van der Waals surface area contributed by atoms with Crippen molar-refractivity contribution in [2.75, 3.05) is 0 Å². The summed E-state index contributed by atoms with van der Waals surface area (Å²) >= 11 is 0. The van der Waals surface area contributed by atoms with E-state index in [9.17, 15) is 0 Å². The fourth-order valence-electron chi connectivity index (χ4n) is 2.34. The fraction of sp³-hybridized carbons (Fsp3) is 0.542. The van der Waals surface area contributed by atoms with Gasteiger partial charge >= 0.3 is 0 Å². The Morgan fingerprint density at radius 3 is 1.42 bits per heavy atom. The van der Waals surface area contributed by atoms with Gasteiger partial charge in [0.1, 0.15) is 0 Å². The van der Waals surface area contributed by atoms with Gasteiger partial charge in [-0.1, -0.05) is 107 Å². The molecule has 135 valence electrons. The third-order valence-corrected chi connectivity index (χ3v) is 3.78. The third kappa shape index (κ3) is 20.7. The molecular weight excluding hydrogens is 288 g/mol. The Morgan fingerprint density at radius 2 is 0.917 bits per heavy atom. The lowest BCUT2D eigenvalue weighted by Crippen LogP contribution is -1.77. The molecule has 0 bridgehead atoms. The second kappa shape index (κ2) is 21.7. The number of hydrogen-bond acceptors (Lipinski definition) is 0. The lowest BCUT2D eigenvalue weighted by Gasteiger charge is -1.97. The Kier molecular flexibility index (Phi) is 20.5. The summed E-state index contributed by atoms with van der Waals surface area (Å²) in [6.45, 7) is 6.05. The van der Waals surface area contributed by atoms with Crippen LogP contribution in [0.4, 0.5) is 0 Å². The van der Waals surface area contributed by atoms with Crippen molar-refractivity contribution in [2.45, 2.75) is 84.0 Å². The second-order valence-corrected chi connectivity index (χ2v) is 6.12. The van der Waals surface area contributed by atoms with Crippen LogP contribution >= 0.6 is 0 Å². The molecular formula is C24H39. The molecule has 0 spiro atoms. The molecule has 0 amide bonds. The van der Waals surface area contributed by atoms with E-state index in [0.717, 1.165) is 38.5 Å². The van der Waals surface area contributed by atoms with Crippen LogP contribution in [0.5, 0.6) is 0 Å². The zero-order chi connectivity index (χ0) is 17.6. The summed E-state index contributed by atoms with van der Waals surface area (Å²) in [4.78, 5) is 0. The topological polar surface area (TPSA) is 0 Å². The van der Waals surface area contributed by atoms with E-state index in [1.54, 1.807) is 0 Å². The van der Waals surface area contributed by atoms with Crippen molar-refractivity contribution >= 4 is 0 Å². The molecule has 0 aromatic rings. The molecule has 0 saturated heterocycles. The van der Waals surface area contributed by atoms with Gasteiger partial charge in [0.25, 0.3) is 0 Å². The monoisotopic (exact) mass is 327 g/mol. The molecule has 0 saturated carbocycles. The average molecular weight is 328 g/mol. The summed E-state index contributed by atoms with van der Waals surface area (Å²) in [6.07, 6.45) is 37.0. The van der Waals surface area contributed by atoms with Gasteiger partial charge in [-0.05, 0) is 44.9 Å². The lowest BCUT2D eigenvalue weighted by molar-refractivity contribution is 0.621. The van der Waals surface area contributed by atoms with Crippen molar-refractivity contribution in [3.63, 3.8) is 0 Å². The van der Waals surface area contributed by atoms with Gasteiger partial charge < -0.3 is 0 Å². The molecule has 0 N–H and O–H groups in total. The third-order valence-electron chi connectivity index (χ3n) is 3.78. The van der Waals surface area contributed by atoms with E-state index in [-0.39, 0.29) is 0 Å². The first-order valence-electron chi connectivity index (χ1n) is 9.96. The summed E-state index contributed by atoms with van der Waals surface area (Å²) in [5.74, 6) is 0. The Hall–Kier alpha value is -1.30. The summed E-state index contributed by atoms with van der Waals surface area (Å²) in [6, 6.07) is 0. The highest BCUT2D eigenvalue weighted by atomic mass is 13.9. The maximum Gasteiger partial charge on any atom is -0.0169 e. The van der Waals surface area contributed by atoms with Crippen molar-refractivity contribution in [3.8, 4) is 0 Å². The second-order valence-electron chi connectivity index (χ2n) is 6.12. The van der Waals surface area contributed by atoms with Gasteiger partial charge in [0.2, 0.25) is 0 Å². The predicted octanol–water partition coefficient (Wildman–Crippen LogP) is 8.30. The number of unbranched alkanes of at least 4 members (excludes halogenated alkanes) is 6. The molecule has 1 radical (unpaired) electrons. The van der Waals surface area contributed by atoms with Gasteiger partial charge in [-0.3, -0.25) is 0 Å². The van der Waals surface area contributed by atoms with Crippen LogP contribution in [0.2, 0.25) is 0 Å². The van der Waals surface area contributed by atoms with Crippen LogP contribution in [0.1, 0.15) is 84.0 Å². The minimum Gasteiger partial charge on any atom is -0.0885 e. The Balaban J connectivity index is 3.37. The minimum atomic E-state index is 1.04. The molecule has 0 aliphatic carbocycles. The lowest BCUT2D eigenvalue weighted by atomic mass is 10.1. The first-order valence-corrected chi connectivity index (χ1v) is 9.96. The molecule has 0 fully saturated rings. The summed E-state index contributed by atoms with van der Waals surface area (Å²) in [7, 11) is 0. The van der Waals surface area contributed by atoms with Crippen molar-refractivity contribution in [3.05, 3.63) is 67.7 Å². The fourth-order valence-corrected chi connectivity index (χ4v) is 2.34. The molecule has 0 atom stereocenters. The number of rotatable bonds is 16. The smallest absolute Gasteiger partial charge is 0.0169 e. The van der Waals surface area contributed by atoms with Crippen LogP contribution in [0, 0.1) is 6.92 Å². The number of allylic oxidation sites excluding steroid dienone is 10. The largest absolute Gasteiger partial charge is 0.0885 e. The maximum atomic E-state index is 3.88. The Bertz CT molecular complexity index is 365. The Labute approximate surface area is 152 Å². The standard InChI is InChI=1S/C24H39/c1-3-5-7-9-11-13-15-17-19-21-23-24-22-20-18-16-14-12-10-8-6-4-2/h6,8,12,14,17-20,23-24H,1,3-5,7,9-11,13,15-16,21-22H2,2H3/b8-6?,14-12?,19-17-,20-18?,24-23?. The van der Waals surface area contributed by atoms with Crippen molar-refractivity contribution < 1.29 is 0 Å². The molecule has 0 nitrogen and oxygen atoms in total. The van der Waals surface area contributed by atoms with Gasteiger partial charge in [0.05, 0.1) is 0 Å². The average Bonchev–Trinajstić information content (AvgIpc) is 2.60. The molecule has 0 unspecified atom stereocenters. The van der Waals surface area contributed by atoms with Crippen molar-refractivity contribution in [1.29, 1.82) is 0 Å².